The van der Waals surface area contributed by atoms with E-state index in [4.69, 9.17) is 0 Å². The molecule has 0 aliphatic rings. The van der Waals surface area contributed by atoms with Crippen LogP contribution in [-0.2, 0) is 17.8 Å². The monoisotopic (exact) mass is 554 g/mol. The number of rotatable bonds is 8. The zero-order chi connectivity index (χ0) is 29.1. The number of carbonyl (C=O) groups excluding carboxylic acids is 2. The van der Waals surface area contributed by atoms with Crippen molar-refractivity contribution in [3.8, 4) is 16.9 Å². The Morgan fingerprint density at radius 3 is 2.64 bits per heavy atom. The number of fused-ring (bicyclic) bond motifs is 2. The van der Waals surface area contributed by atoms with E-state index in [1.807, 2.05) is 85.9 Å². The Morgan fingerprint density at radius 2 is 1.76 bits per heavy atom. The van der Waals surface area contributed by atoms with Gasteiger partial charge in [-0.25, -0.2) is 0 Å². The third-order valence-corrected chi connectivity index (χ3v) is 7.41. The van der Waals surface area contributed by atoms with Crippen LogP contribution >= 0.6 is 0 Å². The summed E-state index contributed by atoms with van der Waals surface area (Å²) in [5, 5.41) is 18.3. The highest BCUT2D eigenvalue weighted by molar-refractivity contribution is 5.99. The first-order chi connectivity index (χ1) is 20.4. The van der Waals surface area contributed by atoms with Crippen LogP contribution < -0.4 is 10.6 Å². The first kappa shape index (κ1) is 26.8. The second-order valence-electron chi connectivity index (χ2n) is 10.4. The van der Waals surface area contributed by atoms with Crippen LogP contribution in [0.5, 0.6) is 5.75 Å². The van der Waals surface area contributed by atoms with E-state index in [0.717, 1.165) is 44.1 Å². The van der Waals surface area contributed by atoms with Crippen LogP contribution in [0.25, 0.3) is 32.9 Å². The molecule has 2 amide bonds. The van der Waals surface area contributed by atoms with E-state index < -0.39 is 6.04 Å². The van der Waals surface area contributed by atoms with E-state index in [-0.39, 0.29) is 17.6 Å². The van der Waals surface area contributed by atoms with Crippen LogP contribution in [0.2, 0.25) is 0 Å². The molecule has 6 rings (SSSR count). The van der Waals surface area contributed by atoms with Gasteiger partial charge in [0.2, 0.25) is 5.91 Å². The van der Waals surface area contributed by atoms with Gasteiger partial charge >= 0.3 is 0 Å². The van der Waals surface area contributed by atoms with Crippen molar-refractivity contribution in [3.05, 3.63) is 132 Å². The standard InChI is InChI=1S/C35H30N4O3/c1-22-7-4-8-23(15-22)20-38-35(42)31(18-28-21-37-30-13-3-2-12-29(28)30)39-34(41)26-10-5-9-24(16-26)27-17-25-11-6-14-36-33(25)32(40)19-27/h2-17,19,21,31,37,40H,18,20H2,1H3,(H,38,42)(H,39,41). The number of pyridine rings is 1. The van der Waals surface area contributed by atoms with E-state index in [0.29, 0.717) is 24.0 Å². The summed E-state index contributed by atoms with van der Waals surface area (Å²) < 4.78 is 0. The van der Waals surface area contributed by atoms with Gasteiger partial charge in [0.15, 0.2) is 0 Å². The Kier molecular flexibility index (Phi) is 7.39. The second kappa shape index (κ2) is 11.6. The number of hydrogen-bond donors (Lipinski definition) is 4. The SMILES string of the molecule is Cc1cccc(CNC(=O)C(Cc2c[nH]c3ccccc23)NC(=O)c2cccc(-c3cc(O)c4ncccc4c3)c2)c1. The minimum absolute atomic E-state index is 0.0713. The number of para-hydroxylation sites is 1. The molecule has 0 saturated carbocycles. The molecular formula is C35H30N4O3. The third kappa shape index (κ3) is 5.71. The lowest BCUT2D eigenvalue weighted by Gasteiger charge is -2.19. The van der Waals surface area contributed by atoms with Crippen molar-refractivity contribution < 1.29 is 14.7 Å². The molecule has 0 radical (unpaired) electrons. The van der Waals surface area contributed by atoms with E-state index in [1.54, 1.807) is 30.5 Å². The molecule has 7 heteroatoms. The van der Waals surface area contributed by atoms with Crippen molar-refractivity contribution in [2.75, 3.05) is 0 Å². The Bertz CT molecular complexity index is 1930. The van der Waals surface area contributed by atoms with Crippen LogP contribution in [0.1, 0.15) is 27.0 Å². The van der Waals surface area contributed by atoms with Crippen LogP contribution in [-0.4, -0.2) is 32.9 Å². The molecule has 2 aromatic heterocycles. The Labute approximate surface area is 243 Å². The summed E-state index contributed by atoms with van der Waals surface area (Å²) in [6.45, 7) is 2.37. The van der Waals surface area contributed by atoms with Crippen LogP contribution in [0.15, 0.2) is 109 Å². The molecule has 0 fully saturated rings. The summed E-state index contributed by atoms with van der Waals surface area (Å²) in [4.78, 5) is 34.6. The lowest BCUT2D eigenvalue weighted by molar-refractivity contribution is -0.123. The van der Waals surface area contributed by atoms with Crippen LogP contribution in [0.4, 0.5) is 0 Å². The normalized spacial score (nSPS) is 11.8. The molecule has 0 aliphatic heterocycles. The lowest BCUT2D eigenvalue weighted by atomic mass is 9.99. The molecule has 0 saturated heterocycles. The van der Waals surface area contributed by atoms with E-state index in [1.165, 1.54) is 0 Å². The van der Waals surface area contributed by atoms with Crippen molar-refractivity contribution in [3.63, 3.8) is 0 Å². The van der Waals surface area contributed by atoms with Gasteiger partial charge in [-0.15, -0.1) is 0 Å². The molecule has 7 nitrogen and oxygen atoms in total. The highest BCUT2D eigenvalue weighted by atomic mass is 16.3. The fourth-order valence-electron chi connectivity index (χ4n) is 5.29. The molecule has 42 heavy (non-hydrogen) atoms. The van der Waals surface area contributed by atoms with Crippen molar-refractivity contribution in [2.45, 2.75) is 25.9 Å². The number of H-pyrrole nitrogens is 1. The van der Waals surface area contributed by atoms with Gasteiger partial charge in [0.1, 0.15) is 17.3 Å². The largest absolute Gasteiger partial charge is 0.506 e. The number of phenolic OH excluding ortho intramolecular Hbond substituents is 1. The minimum Gasteiger partial charge on any atom is -0.506 e. The fraction of sp³-hybridized carbons (Fsp3) is 0.114. The molecule has 208 valence electrons. The van der Waals surface area contributed by atoms with Crippen LogP contribution in [0.3, 0.4) is 0 Å². The van der Waals surface area contributed by atoms with Gasteiger partial charge in [-0.1, -0.05) is 66.2 Å². The summed E-state index contributed by atoms with van der Waals surface area (Å²) in [6.07, 6.45) is 3.84. The summed E-state index contributed by atoms with van der Waals surface area (Å²) in [7, 11) is 0. The topological polar surface area (TPSA) is 107 Å². The maximum absolute atomic E-state index is 13.6. The number of benzene rings is 4. The molecular weight excluding hydrogens is 524 g/mol. The summed E-state index contributed by atoms with van der Waals surface area (Å²) in [5.41, 5.74) is 6.47. The predicted molar refractivity (Wildman–Crippen MR) is 165 cm³/mol. The molecule has 6 aromatic rings. The molecule has 4 N–H and O–H groups in total. The van der Waals surface area contributed by atoms with Gasteiger partial charge in [-0.2, -0.15) is 0 Å². The summed E-state index contributed by atoms with van der Waals surface area (Å²) >= 11 is 0. The lowest BCUT2D eigenvalue weighted by Crippen LogP contribution is -2.47. The quantitative estimate of drug-likeness (QED) is 0.184. The Balaban J connectivity index is 1.26. The van der Waals surface area contributed by atoms with Crippen molar-refractivity contribution in [2.24, 2.45) is 0 Å². The molecule has 4 aromatic carbocycles. The third-order valence-electron chi connectivity index (χ3n) is 7.41. The maximum Gasteiger partial charge on any atom is 0.251 e. The number of carbonyl (C=O) groups is 2. The molecule has 0 bridgehead atoms. The predicted octanol–water partition coefficient (Wildman–Crippen LogP) is 6.05. The minimum atomic E-state index is -0.805. The Morgan fingerprint density at radius 1 is 0.905 bits per heavy atom. The average molecular weight is 555 g/mol. The summed E-state index contributed by atoms with van der Waals surface area (Å²) in [6, 6.07) is 29.5. The maximum atomic E-state index is 13.6. The number of aromatic nitrogens is 2. The first-order valence-corrected chi connectivity index (χ1v) is 13.8. The molecule has 1 unspecified atom stereocenters. The van der Waals surface area contributed by atoms with Crippen LogP contribution in [0, 0.1) is 6.92 Å². The fourth-order valence-corrected chi connectivity index (χ4v) is 5.29. The van der Waals surface area contributed by atoms with Crippen molar-refractivity contribution >= 4 is 33.6 Å². The first-order valence-electron chi connectivity index (χ1n) is 13.8. The highest BCUT2D eigenvalue weighted by Crippen LogP contribution is 2.31. The van der Waals surface area contributed by atoms with Gasteiger partial charge in [0.05, 0.1) is 0 Å². The molecule has 0 spiro atoms. The zero-order valence-corrected chi connectivity index (χ0v) is 23.1. The van der Waals surface area contributed by atoms with Gasteiger partial charge in [0, 0.05) is 47.2 Å². The number of nitrogens with one attached hydrogen (secondary N) is 3. The number of hydrogen-bond acceptors (Lipinski definition) is 4. The number of aromatic amines is 1. The molecule has 1 atom stereocenters. The van der Waals surface area contributed by atoms with Gasteiger partial charge in [0.25, 0.3) is 5.91 Å². The van der Waals surface area contributed by atoms with E-state index >= 15 is 0 Å². The number of nitrogens with zero attached hydrogens (tertiary/aromatic N) is 1. The number of aromatic hydroxyl groups is 1. The number of aryl methyl sites for hydroxylation is 1. The number of amides is 2. The van der Waals surface area contributed by atoms with Crippen molar-refractivity contribution in [1.82, 2.24) is 20.6 Å². The van der Waals surface area contributed by atoms with Gasteiger partial charge in [-0.05, 0) is 65.6 Å². The highest BCUT2D eigenvalue weighted by Gasteiger charge is 2.23. The summed E-state index contributed by atoms with van der Waals surface area (Å²) in [5.74, 6) is -0.556. The zero-order valence-electron chi connectivity index (χ0n) is 23.1. The van der Waals surface area contributed by atoms with E-state index in [2.05, 4.69) is 20.6 Å². The van der Waals surface area contributed by atoms with Gasteiger partial charge < -0.3 is 20.7 Å². The number of phenols is 1. The second-order valence-corrected chi connectivity index (χ2v) is 10.4. The molecule has 2 heterocycles. The smallest absolute Gasteiger partial charge is 0.251 e. The average Bonchev–Trinajstić information content (AvgIpc) is 3.42. The molecule has 0 aliphatic carbocycles. The van der Waals surface area contributed by atoms with E-state index in [9.17, 15) is 14.7 Å². The van der Waals surface area contributed by atoms with Crippen molar-refractivity contribution in [1.29, 1.82) is 0 Å². The Hall–Kier alpha value is -5.43. The van der Waals surface area contributed by atoms with Gasteiger partial charge in [-0.3, -0.25) is 14.6 Å².